The fourth-order valence-corrected chi connectivity index (χ4v) is 0.846. The molecule has 0 atom stereocenters. The van der Waals surface area contributed by atoms with Gasteiger partial charge in [-0.25, -0.2) is 0 Å². The Kier molecular flexibility index (Phi) is 5.97. The van der Waals surface area contributed by atoms with Crippen LogP contribution in [0.15, 0.2) is 0 Å². The molecule has 0 aliphatic carbocycles. The molecule has 0 heterocycles. The summed E-state index contributed by atoms with van der Waals surface area (Å²) in [7, 11) is 0. The van der Waals surface area contributed by atoms with Gasteiger partial charge in [0, 0.05) is 6.92 Å². The number of hydrogen-bond acceptors (Lipinski definition) is 4. The zero-order chi connectivity index (χ0) is 11.9. The van der Waals surface area contributed by atoms with E-state index in [0.29, 0.717) is 6.61 Å². The number of rotatable bonds is 6. The third kappa shape index (κ3) is 6.10. The summed E-state index contributed by atoms with van der Waals surface area (Å²) in [4.78, 5) is 22.1. The maximum Gasteiger partial charge on any atom is 0.314 e. The average molecular weight is 216 g/mol. The van der Waals surface area contributed by atoms with E-state index in [1.54, 1.807) is 13.8 Å². The van der Waals surface area contributed by atoms with E-state index in [1.807, 2.05) is 6.92 Å². The Morgan fingerprint density at radius 1 is 1.20 bits per heavy atom. The molecule has 0 unspecified atom stereocenters. The van der Waals surface area contributed by atoms with Crippen molar-refractivity contribution in [1.29, 1.82) is 0 Å². The van der Waals surface area contributed by atoms with Gasteiger partial charge in [0.15, 0.2) is 0 Å². The molecule has 4 heteroatoms. The molecule has 0 saturated heterocycles. The predicted molar refractivity (Wildman–Crippen MR) is 56.3 cm³/mol. The fraction of sp³-hybridized carbons (Fsp3) is 0.818. The molecule has 0 radical (unpaired) electrons. The van der Waals surface area contributed by atoms with Crippen LogP contribution in [0.1, 0.15) is 40.5 Å². The molecule has 0 N–H and O–H groups in total. The van der Waals surface area contributed by atoms with Crippen LogP contribution >= 0.6 is 0 Å². The summed E-state index contributed by atoms with van der Waals surface area (Å²) in [5.41, 5.74) is -0.764. The van der Waals surface area contributed by atoms with Gasteiger partial charge in [-0.3, -0.25) is 9.59 Å². The molecule has 0 aromatic carbocycles. The minimum absolute atomic E-state index is 0.0628. The quantitative estimate of drug-likeness (QED) is 0.503. The largest absolute Gasteiger partial charge is 0.465 e. The molecule has 0 amide bonds. The highest BCUT2D eigenvalue weighted by molar-refractivity contribution is 5.76. The lowest BCUT2D eigenvalue weighted by molar-refractivity contribution is -0.160. The number of ether oxygens (including phenoxy) is 2. The van der Waals surface area contributed by atoms with Gasteiger partial charge in [-0.1, -0.05) is 13.3 Å². The van der Waals surface area contributed by atoms with Gasteiger partial charge in [0.2, 0.25) is 0 Å². The maximum absolute atomic E-state index is 11.5. The molecule has 0 fully saturated rings. The van der Waals surface area contributed by atoms with Crippen molar-refractivity contribution in [3.63, 3.8) is 0 Å². The molecular weight excluding hydrogens is 196 g/mol. The Balaban J connectivity index is 3.96. The van der Waals surface area contributed by atoms with E-state index in [-0.39, 0.29) is 18.5 Å². The topological polar surface area (TPSA) is 52.6 Å². The van der Waals surface area contributed by atoms with Gasteiger partial charge in [0.05, 0.1) is 12.0 Å². The molecule has 0 bridgehead atoms. The van der Waals surface area contributed by atoms with E-state index in [1.165, 1.54) is 6.92 Å². The van der Waals surface area contributed by atoms with E-state index < -0.39 is 5.41 Å². The number of carbonyl (C=O) groups excluding carboxylic acids is 2. The predicted octanol–water partition coefficient (Wildman–Crippen LogP) is 1.92. The molecule has 0 spiro atoms. The Labute approximate surface area is 90.9 Å². The molecular formula is C11H20O4. The molecule has 0 aromatic heterocycles. The maximum atomic E-state index is 11.5. The first kappa shape index (κ1) is 13.9. The van der Waals surface area contributed by atoms with Gasteiger partial charge in [0.1, 0.15) is 6.61 Å². The van der Waals surface area contributed by atoms with Gasteiger partial charge in [-0.2, -0.15) is 0 Å². The van der Waals surface area contributed by atoms with Crippen LogP contribution in [0.2, 0.25) is 0 Å². The second-order valence-electron chi connectivity index (χ2n) is 4.15. The zero-order valence-electron chi connectivity index (χ0n) is 9.96. The zero-order valence-corrected chi connectivity index (χ0v) is 9.96. The number of unbranched alkanes of at least 4 members (excludes halogenated alkanes) is 1. The molecule has 0 rings (SSSR count). The Hall–Kier alpha value is -1.06. The highest BCUT2D eigenvalue weighted by Crippen LogP contribution is 2.18. The lowest BCUT2D eigenvalue weighted by atomic mass is 9.95. The monoisotopic (exact) mass is 216 g/mol. The van der Waals surface area contributed by atoms with Crippen molar-refractivity contribution in [1.82, 2.24) is 0 Å². The first-order valence-electron chi connectivity index (χ1n) is 5.20. The van der Waals surface area contributed by atoms with Gasteiger partial charge in [-0.15, -0.1) is 0 Å². The van der Waals surface area contributed by atoms with Crippen LogP contribution < -0.4 is 0 Å². The summed E-state index contributed by atoms with van der Waals surface area (Å²) in [5, 5.41) is 0. The minimum atomic E-state index is -0.764. The Morgan fingerprint density at radius 2 is 1.80 bits per heavy atom. The summed E-state index contributed by atoms with van der Waals surface area (Å²) in [6, 6.07) is 0. The number of esters is 2. The van der Waals surface area contributed by atoms with E-state index >= 15 is 0 Å². The van der Waals surface area contributed by atoms with Gasteiger partial charge in [-0.05, 0) is 20.3 Å². The van der Waals surface area contributed by atoms with Crippen molar-refractivity contribution < 1.29 is 19.1 Å². The number of hydrogen-bond donors (Lipinski definition) is 0. The lowest BCUT2D eigenvalue weighted by Gasteiger charge is -2.21. The van der Waals surface area contributed by atoms with E-state index in [2.05, 4.69) is 0 Å². The van der Waals surface area contributed by atoms with Gasteiger partial charge >= 0.3 is 11.9 Å². The molecule has 15 heavy (non-hydrogen) atoms. The highest BCUT2D eigenvalue weighted by Gasteiger charge is 2.30. The molecule has 88 valence electrons. The van der Waals surface area contributed by atoms with Crippen molar-refractivity contribution in [2.75, 3.05) is 13.2 Å². The summed E-state index contributed by atoms with van der Waals surface area (Å²) in [5.74, 6) is -0.707. The van der Waals surface area contributed by atoms with Gasteiger partial charge in [0.25, 0.3) is 0 Å². The third-order valence-corrected chi connectivity index (χ3v) is 1.92. The molecule has 0 saturated carbocycles. The van der Waals surface area contributed by atoms with E-state index in [9.17, 15) is 9.59 Å². The van der Waals surface area contributed by atoms with Crippen molar-refractivity contribution >= 4 is 11.9 Å². The molecule has 0 aromatic rings. The highest BCUT2D eigenvalue weighted by atomic mass is 16.5. The molecule has 0 aliphatic rings. The first-order valence-corrected chi connectivity index (χ1v) is 5.20. The average Bonchev–Trinajstić information content (AvgIpc) is 2.15. The van der Waals surface area contributed by atoms with E-state index in [0.717, 1.165) is 12.8 Å². The van der Waals surface area contributed by atoms with Crippen LogP contribution in [0, 0.1) is 5.41 Å². The SMILES string of the molecule is CCCCOC(=O)C(C)(C)COC(C)=O. The Morgan fingerprint density at radius 3 is 2.27 bits per heavy atom. The van der Waals surface area contributed by atoms with Crippen molar-refractivity contribution in [3.8, 4) is 0 Å². The Bertz CT molecular complexity index is 221. The lowest BCUT2D eigenvalue weighted by Crippen LogP contribution is -2.32. The van der Waals surface area contributed by atoms with Crippen LogP contribution in [0.5, 0.6) is 0 Å². The van der Waals surface area contributed by atoms with Crippen molar-refractivity contribution in [3.05, 3.63) is 0 Å². The van der Waals surface area contributed by atoms with Crippen LogP contribution in [-0.2, 0) is 19.1 Å². The van der Waals surface area contributed by atoms with Crippen LogP contribution in [0.4, 0.5) is 0 Å². The molecule has 4 nitrogen and oxygen atoms in total. The summed E-state index contributed by atoms with van der Waals surface area (Å²) in [6.07, 6.45) is 1.84. The van der Waals surface area contributed by atoms with Crippen molar-refractivity contribution in [2.45, 2.75) is 40.5 Å². The fourth-order valence-electron chi connectivity index (χ4n) is 0.846. The van der Waals surface area contributed by atoms with E-state index in [4.69, 9.17) is 9.47 Å². The normalized spacial score (nSPS) is 10.9. The van der Waals surface area contributed by atoms with Crippen LogP contribution in [0.3, 0.4) is 0 Å². The van der Waals surface area contributed by atoms with Crippen LogP contribution in [-0.4, -0.2) is 25.2 Å². The third-order valence-electron chi connectivity index (χ3n) is 1.92. The first-order chi connectivity index (χ1) is 6.90. The van der Waals surface area contributed by atoms with Crippen molar-refractivity contribution in [2.24, 2.45) is 5.41 Å². The smallest absolute Gasteiger partial charge is 0.314 e. The number of carbonyl (C=O) groups is 2. The second kappa shape index (κ2) is 6.43. The van der Waals surface area contributed by atoms with Crippen LogP contribution in [0.25, 0.3) is 0 Å². The standard InChI is InChI=1S/C11H20O4/c1-5-6-7-14-10(13)11(3,4)8-15-9(2)12/h5-8H2,1-4H3. The second-order valence-corrected chi connectivity index (χ2v) is 4.15. The minimum Gasteiger partial charge on any atom is -0.465 e. The molecule has 0 aliphatic heterocycles. The van der Waals surface area contributed by atoms with Gasteiger partial charge < -0.3 is 9.47 Å². The summed E-state index contributed by atoms with van der Waals surface area (Å²) >= 11 is 0. The summed E-state index contributed by atoms with van der Waals surface area (Å²) < 4.78 is 9.84. The summed E-state index contributed by atoms with van der Waals surface area (Å²) in [6.45, 7) is 7.23.